The second-order valence-electron chi connectivity index (χ2n) is 3.96. The molecule has 1 rings (SSSR count). The first kappa shape index (κ1) is 14.9. The van der Waals surface area contributed by atoms with Crippen LogP contribution in [0, 0.1) is 6.92 Å². The molecule has 18 heavy (non-hydrogen) atoms. The van der Waals surface area contributed by atoms with Gasteiger partial charge in [0.2, 0.25) is 0 Å². The third kappa shape index (κ3) is 5.42. The number of aliphatic carboxylic acids is 1. The van der Waals surface area contributed by atoms with Crippen molar-refractivity contribution in [2.45, 2.75) is 19.4 Å². The molecule has 0 amide bonds. The number of benzene rings is 1. The summed E-state index contributed by atoms with van der Waals surface area (Å²) in [6.07, 6.45) is 0.490. The molecule has 100 valence electrons. The maximum Gasteiger partial charge on any atom is 0.320 e. The molecule has 1 unspecified atom stereocenters. The van der Waals surface area contributed by atoms with E-state index in [2.05, 4.69) is 0 Å². The van der Waals surface area contributed by atoms with E-state index in [0.29, 0.717) is 13.0 Å². The molecule has 1 aromatic carbocycles. The lowest BCUT2D eigenvalue weighted by molar-refractivity contribution is -0.138. The Labute approximate surface area is 112 Å². The van der Waals surface area contributed by atoms with Crippen molar-refractivity contribution in [3.63, 3.8) is 0 Å². The summed E-state index contributed by atoms with van der Waals surface area (Å²) in [5.41, 5.74) is 6.52. The number of hydrogen-bond donors (Lipinski definition) is 2. The Balaban J connectivity index is 2.09. The molecule has 4 nitrogen and oxygen atoms in total. The molecule has 0 aliphatic heterocycles. The number of carbonyl (C=O) groups is 1. The SMILES string of the molecule is Cc1ccccc1OCCSCCC(N)C(=O)O. The van der Waals surface area contributed by atoms with Gasteiger partial charge < -0.3 is 15.6 Å². The molecular weight excluding hydrogens is 250 g/mol. The second-order valence-corrected chi connectivity index (χ2v) is 5.18. The number of thioether (sulfide) groups is 1. The van der Waals surface area contributed by atoms with E-state index in [1.807, 2.05) is 31.2 Å². The van der Waals surface area contributed by atoms with Crippen LogP contribution in [0.25, 0.3) is 0 Å². The van der Waals surface area contributed by atoms with E-state index in [1.54, 1.807) is 11.8 Å². The van der Waals surface area contributed by atoms with Crippen LogP contribution in [0.15, 0.2) is 24.3 Å². The Bertz CT molecular complexity index is 384. The Morgan fingerprint density at radius 2 is 2.17 bits per heavy atom. The van der Waals surface area contributed by atoms with E-state index < -0.39 is 12.0 Å². The summed E-state index contributed by atoms with van der Waals surface area (Å²) in [6.45, 7) is 2.63. The van der Waals surface area contributed by atoms with Crippen molar-refractivity contribution >= 4 is 17.7 Å². The summed E-state index contributed by atoms with van der Waals surface area (Å²) in [4.78, 5) is 10.5. The molecule has 0 fully saturated rings. The van der Waals surface area contributed by atoms with Gasteiger partial charge in [-0.05, 0) is 30.7 Å². The predicted molar refractivity (Wildman–Crippen MR) is 74.2 cm³/mol. The van der Waals surface area contributed by atoms with E-state index in [9.17, 15) is 4.79 Å². The lowest BCUT2D eigenvalue weighted by Gasteiger charge is -2.09. The Morgan fingerprint density at radius 3 is 2.83 bits per heavy atom. The number of hydrogen-bond acceptors (Lipinski definition) is 4. The van der Waals surface area contributed by atoms with Crippen molar-refractivity contribution in [1.82, 2.24) is 0 Å². The third-order valence-corrected chi connectivity index (χ3v) is 3.45. The molecule has 1 aromatic rings. The van der Waals surface area contributed by atoms with E-state index in [-0.39, 0.29) is 0 Å². The summed E-state index contributed by atoms with van der Waals surface area (Å²) in [5.74, 6) is 1.54. The van der Waals surface area contributed by atoms with Crippen LogP contribution in [0.5, 0.6) is 5.75 Å². The maximum absolute atomic E-state index is 10.5. The van der Waals surface area contributed by atoms with Crippen molar-refractivity contribution in [1.29, 1.82) is 0 Å². The van der Waals surface area contributed by atoms with Gasteiger partial charge in [0, 0.05) is 5.75 Å². The van der Waals surface area contributed by atoms with Crippen molar-refractivity contribution in [2.24, 2.45) is 5.73 Å². The highest BCUT2D eigenvalue weighted by Gasteiger charge is 2.10. The molecule has 3 N–H and O–H groups in total. The van der Waals surface area contributed by atoms with Crippen molar-refractivity contribution < 1.29 is 14.6 Å². The van der Waals surface area contributed by atoms with Gasteiger partial charge in [0.25, 0.3) is 0 Å². The zero-order valence-corrected chi connectivity index (χ0v) is 11.3. The summed E-state index contributed by atoms with van der Waals surface area (Å²) in [7, 11) is 0. The molecule has 0 aliphatic rings. The number of carboxylic acid groups (broad SMARTS) is 1. The Morgan fingerprint density at radius 1 is 1.44 bits per heavy atom. The molecule has 0 aromatic heterocycles. The first-order chi connectivity index (χ1) is 8.61. The van der Waals surface area contributed by atoms with Gasteiger partial charge in [-0.15, -0.1) is 0 Å². The van der Waals surface area contributed by atoms with Gasteiger partial charge in [0.15, 0.2) is 0 Å². The second kappa shape index (κ2) is 8.00. The summed E-state index contributed by atoms with van der Waals surface area (Å²) >= 11 is 1.66. The molecule has 0 spiro atoms. The van der Waals surface area contributed by atoms with Crippen molar-refractivity contribution in [3.8, 4) is 5.75 Å². The quantitative estimate of drug-likeness (QED) is 0.705. The van der Waals surface area contributed by atoms with Crippen molar-refractivity contribution in [3.05, 3.63) is 29.8 Å². The van der Waals surface area contributed by atoms with Crippen LogP contribution >= 0.6 is 11.8 Å². The molecule has 0 bridgehead atoms. The molecule has 0 aliphatic carbocycles. The lowest BCUT2D eigenvalue weighted by Crippen LogP contribution is -2.30. The highest BCUT2D eigenvalue weighted by molar-refractivity contribution is 7.99. The van der Waals surface area contributed by atoms with Crippen LogP contribution in [0.4, 0.5) is 0 Å². The highest BCUT2D eigenvalue weighted by Crippen LogP contribution is 2.16. The standard InChI is InChI=1S/C13H19NO3S/c1-10-4-2-3-5-12(10)17-7-9-18-8-6-11(14)13(15)16/h2-5,11H,6-9,14H2,1H3,(H,15,16). The first-order valence-corrected chi connectivity index (χ1v) is 7.01. The normalized spacial score (nSPS) is 12.1. The topological polar surface area (TPSA) is 72.5 Å². The average Bonchev–Trinajstić information content (AvgIpc) is 2.35. The number of para-hydroxylation sites is 1. The maximum atomic E-state index is 10.5. The molecule has 0 radical (unpaired) electrons. The smallest absolute Gasteiger partial charge is 0.320 e. The fourth-order valence-electron chi connectivity index (χ4n) is 1.36. The summed E-state index contributed by atoms with van der Waals surface area (Å²) < 4.78 is 5.62. The summed E-state index contributed by atoms with van der Waals surface area (Å²) in [6, 6.07) is 7.12. The monoisotopic (exact) mass is 269 g/mol. The third-order valence-electron chi connectivity index (χ3n) is 2.47. The molecule has 1 atom stereocenters. The average molecular weight is 269 g/mol. The zero-order chi connectivity index (χ0) is 13.4. The first-order valence-electron chi connectivity index (χ1n) is 5.86. The fraction of sp³-hybridized carbons (Fsp3) is 0.462. The van der Waals surface area contributed by atoms with E-state index in [0.717, 1.165) is 22.8 Å². The van der Waals surface area contributed by atoms with Crippen LogP contribution in [0.1, 0.15) is 12.0 Å². The van der Waals surface area contributed by atoms with E-state index >= 15 is 0 Å². The highest BCUT2D eigenvalue weighted by atomic mass is 32.2. The Kier molecular flexibility index (Phi) is 6.60. The summed E-state index contributed by atoms with van der Waals surface area (Å²) in [5, 5.41) is 8.60. The van der Waals surface area contributed by atoms with Crippen LogP contribution in [-0.2, 0) is 4.79 Å². The minimum Gasteiger partial charge on any atom is -0.492 e. The van der Waals surface area contributed by atoms with E-state index in [1.165, 1.54) is 0 Å². The molecule has 0 saturated carbocycles. The van der Waals surface area contributed by atoms with Crippen LogP contribution in [0.3, 0.4) is 0 Å². The van der Waals surface area contributed by atoms with Crippen molar-refractivity contribution in [2.75, 3.05) is 18.1 Å². The van der Waals surface area contributed by atoms with Crippen LogP contribution < -0.4 is 10.5 Å². The zero-order valence-electron chi connectivity index (χ0n) is 10.5. The molecular formula is C13H19NO3S. The Hall–Kier alpha value is -1.20. The largest absolute Gasteiger partial charge is 0.492 e. The number of rotatable bonds is 8. The number of ether oxygens (including phenoxy) is 1. The number of nitrogens with two attached hydrogens (primary N) is 1. The minimum absolute atomic E-state index is 0.490. The molecule has 0 heterocycles. The number of carboxylic acids is 1. The van der Waals surface area contributed by atoms with Gasteiger partial charge in [0.05, 0.1) is 6.61 Å². The fourth-order valence-corrected chi connectivity index (χ4v) is 2.19. The van der Waals surface area contributed by atoms with Gasteiger partial charge in [-0.3, -0.25) is 4.79 Å². The lowest BCUT2D eigenvalue weighted by atomic mass is 10.2. The molecule has 0 saturated heterocycles. The van der Waals surface area contributed by atoms with Crippen LogP contribution in [-0.4, -0.2) is 35.2 Å². The molecule has 5 heteroatoms. The minimum atomic E-state index is -0.938. The van der Waals surface area contributed by atoms with Crippen LogP contribution in [0.2, 0.25) is 0 Å². The van der Waals surface area contributed by atoms with Gasteiger partial charge in [-0.1, -0.05) is 18.2 Å². The predicted octanol–water partition coefficient (Wildman–Crippen LogP) is 1.91. The van der Waals surface area contributed by atoms with Gasteiger partial charge >= 0.3 is 5.97 Å². The van der Waals surface area contributed by atoms with E-state index in [4.69, 9.17) is 15.6 Å². The van der Waals surface area contributed by atoms with Gasteiger partial charge in [-0.25, -0.2) is 0 Å². The van der Waals surface area contributed by atoms with Gasteiger partial charge in [0.1, 0.15) is 11.8 Å². The van der Waals surface area contributed by atoms with Gasteiger partial charge in [-0.2, -0.15) is 11.8 Å². The number of aryl methyl sites for hydroxylation is 1.